The van der Waals surface area contributed by atoms with Crippen molar-refractivity contribution in [3.8, 4) is 17.5 Å². The summed E-state index contributed by atoms with van der Waals surface area (Å²) in [5.74, 6) is -3.20. The number of nitriles is 1. The van der Waals surface area contributed by atoms with Gasteiger partial charge in [-0.25, -0.2) is 4.39 Å². The molecule has 0 unspecified atom stereocenters. The van der Waals surface area contributed by atoms with Gasteiger partial charge in [-0.05, 0) is 32.0 Å². The number of benzene rings is 2. The highest BCUT2D eigenvalue weighted by Crippen LogP contribution is 2.33. The van der Waals surface area contributed by atoms with Gasteiger partial charge in [0, 0.05) is 17.5 Å². The van der Waals surface area contributed by atoms with E-state index in [1.54, 1.807) is 28.8 Å². The second-order valence-corrected chi connectivity index (χ2v) is 6.00. The lowest BCUT2D eigenvalue weighted by molar-refractivity contribution is 0.406. The van der Waals surface area contributed by atoms with Gasteiger partial charge in [0.1, 0.15) is 6.07 Å². The minimum absolute atomic E-state index is 0.0369. The smallest absolute Gasteiger partial charge is 0.202 e. The van der Waals surface area contributed by atoms with Crippen molar-refractivity contribution in [1.29, 1.82) is 5.26 Å². The Bertz CT molecular complexity index is 1040. The summed E-state index contributed by atoms with van der Waals surface area (Å²) in [6.45, 7) is 3.86. The summed E-state index contributed by atoms with van der Waals surface area (Å²) in [6.07, 6.45) is 2.34. The van der Waals surface area contributed by atoms with Crippen molar-refractivity contribution in [2.75, 3.05) is 0 Å². The van der Waals surface area contributed by atoms with E-state index in [0.29, 0.717) is 28.6 Å². The molecule has 0 bridgehead atoms. The van der Waals surface area contributed by atoms with Crippen LogP contribution in [0.5, 0.6) is 5.75 Å². The second kappa shape index (κ2) is 6.40. The van der Waals surface area contributed by atoms with E-state index >= 15 is 0 Å². The van der Waals surface area contributed by atoms with E-state index in [9.17, 15) is 19.1 Å². The first-order chi connectivity index (χ1) is 12.0. The predicted octanol–water partition coefficient (Wildman–Crippen LogP) is 4.99. The molecular weight excluding hydrogens is 322 g/mol. The lowest BCUT2D eigenvalue weighted by Crippen LogP contribution is -2.05. The fourth-order valence-corrected chi connectivity index (χ4v) is 2.89. The lowest BCUT2D eigenvalue weighted by atomic mass is 10.1. The van der Waals surface area contributed by atoms with Gasteiger partial charge in [0.2, 0.25) is 5.82 Å². The summed E-state index contributed by atoms with van der Waals surface area (Å²) in [5, 5.41) is 19.7. The van der Waals surface area contributed by atoms with Gasteiger partial charge < -0.3 is 9.67 Å². The van der Waals surface area contributed by atoms with Gasteiger partial charge in [-0.1, -0.05) is 29.8 Å². The molecule has 0 aliphatic heterocycles. The lowest BCUT2D eigenvalue weighted by Gasteiger charge is -2.12. The van der Waals surface area contributed by atoms with E-state index in [1.165, 1.54) is 6.07 Å². The number of rotatable bonds is 3. The number of phenolic OH excluding ortho intramolecular Hbond substituents is 1. The standard InChI is InChI=1S/C20H16F2N2O/c1-12(2)7-8-16-14(11-23)13-5-3-4-6-15(13)24(16)17-9-10-18(25)20(22)19(17)21/h3-7,9-10,25H,8H2,1-2H3. The van der Waals surface area contributed by atoms with Gasteiger partial charge in [0.15, 0.2) is 11.6 Å². The number of aromatic hydroxyl groups is 1. The molecule has 126 valence electrons. The fourth-order valence-electron chi connectivity index (χ4n) is 2.89. The van der Waals surface area contributed by atoms with Gasteiger partial charge in [-0.2, -0.15) is 9.65 Å². The molecule has 1 heterocycles. The Morgan fingerprint density at radius 2 is 1.88 bits per heavy atom. The van der Waals surface area contributed by atoms with E-state index in [1.807, 2.05) is 19.9 Å². The van der Waals surface area contributed by atoms with Crippen LogP contribution in [0.1, 0.15) is 25.1 Å². The van der Waals surface area contributed by atoms with E-state index < -0.39 is 17.4 Å². The van der Waals surface area contributed by atoms with Crippen molar-refractivity contribution >= 4 is 10.9 Å². The zero-order valence-corrected chi connectivity index (χ0v) is 13.8. The Labute approximate surface area is 144 Å². The van der Waals surface area contributed by atoms with E-state index in [4.69, 9.17) is 0 Å². The topological polar surface area (TPSA) is 49.0 Å². The van der Waals surface area contributed by atoms with Crippen molar-refractivity contribution < 1.29 is 13.9 Å². The molecule has 0 amide bonds. The highest BCUT2D eigenvalue weighted by atomic mass is 19.2. The van der Waals surface area contributed by atoms with E-state index in [0.717, 1.165) is 11.6 Å². The Hall–Kier alpha value is -3.13. The number of hydrogen-bond donors (Lipinski definition) is 1. The van der Waals surface area contributed by atoms with Crippen LogP contribution in [-0.4, -0.2) is 9.67 Å². The van der Waals surface area contributed by atoms with Crippen LogP contribution in [0.4, 0.5) is 8.78 Å². The Kier molecular flexibility index (Phi) is 4.28. The summed E-state index contributed by atoms with van der Waals surface area (Å²) in [7, 11) is 0. The molecule has 0 aliphatic rings. The summed E-state index contributed by atoms with van der Waals surface area (Å²) < 4.78 is 30.0. The van der Waals surface area contributed by atoms with Crippen molar-refractivity contribution in [1.82, 2.24) is 4.57 Å². The van der Waals surface area contributed by atoms with Gasteiger partial charge in [0.05, 0.1) is 16.8 Å². The van der Waals surface area contributed by atoms with Crippen LogP contribution in [-0.2, 0) is 6.42 Å². The molecule has 3 nitrogen and oxygen atoms in total. The molecule has 0 atom stereocenters. The molecule has 1 N–H and O–H groups in total. The average molecular weight is 338 g/mol. The highest BCUT2D eigenvalue weighted by Gasteiger charge is 2.22. The number of fused-ring (bicyclic) bond motifs is 1. The molecular formula is C20H16F2N2O. The molecule has 5 heteroatoms. The first-order valence-electron chi connectivity index (χ1n) is 7.78. The van der Waals surface area contributed by atoms with Crippen LogP contribution in [0.2, 0.25) is 0 Å². The van der Waals surface area contributed by atoms with Crippen LogP contribution >= 0.6 is 0 Å². The van der Waals surface area contributed by atoms with Crippen LogP contribution in [0.25, 0.3) is 16.6 Å². The number of nitrogens with zero attached hydrogens (tertiary/aromatic N) is 2. The number of hydrogen-bond acceptors (Lipinski definition) is 2. The van der Waals surface area contributed by atoms with E-state index in [2.05, 4.69) is 6.07 Å². The molecule has 2 aromatic carbocycles. The van der Waals surface area contributed by atoms with Gasteiger partial charge in [0.25, 0.3) is 0 Å². The molecule has 0 spiro atoms. The van der Waals surface area contributed by atoms with Gasteiger partial charge in [-0.3, -0.25) is 0 Å². The zero-order valence-electron chi connectivity index (χ0n) is 13.8. The molecule has 3 aromatic rings. The number of phenols is 1. The summed E-state index contributed by atoms with van der Waals surface area (Å²) >= 11 is 0. The second-order valence-electron chi connectivity index (χ2n) is 6.00. The largest absolute Gasteiger partial charge is 0.505 e. The quantitative estimate of drug-likeness (QED) is 0.684. The Balaban J connectivity index is 2.41. The molecule has 0 saturated heterocycles. The first kappa shape index (κ1) is 16.7. The van der Waals surface area contributed by atoms with E-state index in [-0.39, 0.29) is 5.69 Å². The molecule has 3 rings (SSSR count). The molecule has 25 heavy (non-hydrogen) atoms. The molecule has 0 radical (unpaired) electrons. The SMILES string of the molecule is CC(C)=CCc1c(C#N)c2ccccc2n1-c1ccc(O)c(F)c1F. The van der Waals surface area contributed by atoms with Crippen molar-refractivity contribution in [2.24, 2.45) is 0 Å². The first-order valence-corrected chi connectivity index (χ1v) is 7.78. The predicted molar refractivity (Wildman–Crippen MR) is 92.7 cm³/mol. The summed E-state index contributed by atoms with van der Waals surface area (Å²) in [6, 6.07) is 11.7. The number of para-hydroxylation sites is 1. The maximum atomic E-state index is 14.5. The summed E-state index contributed by atoms with van der Waals surface area (Å²) in [5.41, 5.74) is 2.64. The van der Waals surface area contributed by atoms with Gasteiger partial charge >= 0.3 is 0 Å². The third kappa shape index (κ3) is 2.76. The van der Waals surface area contributed by atoms with Crippen LogP contribution in [0.3, 0.4) is 0 Å². The highest BCUT2D eigenvalue weighted by molar-refractivity contribution is 5.90. The third-order valence-corrected chi connectivity index (χ3v) is 4.07. The monoisotopic (exact) mass is 338 g/mol. The van der Waals surface area contributed by atoms with Crippen molar-refractivity contribution in [3.05, 3.63) is 70.9 Å². The Morgan fingerprint density at radius 3 is 2.56 bits per heavy atom. The third-order valence-electron chi connectivity index (χ3n) is 4.07. The Morgan fingerprint density at radius 1 is 1.16 bits per heavy atom. The number of aromatic nitrogens is 1. The molecule has 0 aliphatic carbocycles. The normalized spacial score (nSPS) is 10.7. The van der Waals surface area contributed by atoms with Crippen molar-refractivity contribution in [2.45, 2.75) is 20.3 Å². The minimum Gasteiger partial charge on any atom is -0.505 e. The average Bonchev–Trinajstić information content (AvgIpc) is 2.91. The fraction of sp³-hybridized carbons (Fsp3) is 0.150. The molecule has 1 aromatic heterocycles. The molecule has 0 fully saturated rings. The van der Waals surface area contributed by atoms with Crippen molar-refractivity contribution in [3.63, 3.8) is 0 Å². The maximum Gasteiger partial charge on any atom is 0.202 e. The zero-order chi connectivity index (χ0) is 18.1. The maximum absolute atomic E-state index is 14.5. The number of allylic oxidation sites excluding steroid dienone is 2. The van der Waals surface area contributed by atoms with Crippen LogP contribution < -0.4 is 0 Å². The van der Waals surface area contributed by atoms with Crippen LogP contribution in [0, 0.1) is 23.0 Å². The molecule has 0 saturated carbocycles. The van der Waals surface area contributed by atoms with Crippen LogP contribution in [0.15, 0.2) is 48.0 Å². The summed E-state index contributed by atoms with van der Waals surface area (Å²) in [4.78, 5) is 0. The number of halogens is 2. The minimum atomic E-state index is -1.30. The van der Waals surface area contributed by atoms with Gasteiger partial charge in [-0.15, -0.1) is 0 Å².